The Balaban J connectivity index is 1.68. The molecule has 0 aliphatic carbocycles. The van der Waals surface area contributed by atoms with E-state index in [0.29, 0.717) is 12.0 Å². The van der Waals surface area contributed by atoms with Crippen molar-refractivity contribution in [2.24, 2.45) is 0 Å². The van der Waals surface area contributed by atoms with E-state index < -0.39 is 29.7 Å². The summed E-state index contributed by atoms with van der Waals surface area (Å²) in [5.41, 5.74) is 1.67. The summed E-state index contributed by atoms with van der Waals surface area (Å²) < 4.78 is 5.86. The molecule has 2 amide bonds. The molecule has 0 bridgehead atoms. The van der Waals surface area contributed by atoms with E-state index >= 15 is 0 Å². The Kier molecular flexibility index (Phi) is 8.53. The van der Waals surface area contributed by atoms with Crippen molar-refractivity contribution < 1.29 is 34.8 Å². The van der Waals surface area contributed by atoms with Gasteiger partial charge in [-0.15, -0.1) is 0 Å². The van der Waals surface area contributed by atoms with Gasteiger partial charge in [0.25, 0.3) is 5.91 Å². The summed E-state index contributed by atoms with van der Waals surface area (Å²) in [6, 6.07) is 16.3. The highest BCUT2D eigenvalue weighted by Crippen LogP contribution is 2.25. The van der Waals surface area contributed by atoms with Gasteiger partial charge in [-0.3, -0.25) is 9.59 Å². The minimum atomic E-state index is -1.06. The molecule has 0 fully saturated rings. The maximum atomic E-state index is 13.0. The largest absolute Gasteiger partial charge is 0.504 e. The molecule has 3 aromatic rings. The number of carbonyl (C=O) groups excluding carboxylic acids is 2. The fourth-order valence-electron chi connectivity index (χ4n) is 3.35. The number of amides is 2. The average Bonchev–Trinajstić information content (AvgIpc) is 2.85. The summed E-state index contributed by atoms with van der Waals surface area (Å²) >= 11 is 0. The van der Waals surface area contributed by atoms with E-state index in [9.17, 15) is 30.0 Å². The van der Waals surface area contributed by atoms with Crippen LogP contribution in [-0.2, 0) is 22.6 Å². The van der Waals surface area contributed by atoms with E-state index in [2.05, 4.69) is 10.6 Å². The van der Waals surface area contributed by atoms with Crippen LogP contribution in [0.2, 0.25) is 0 Å². The van der Waals surface area contributed by atoms with Crippen molar-refractivity contribution in [3.05, 3.63) is 83.4 Å². The fraction of sp³-hybridized carbons (Fsp3) is 0.231. The van der Waals surface area contributed by atoms with Crippen LogP contribution in [0.15, 0.2) is 66.7 Å². The number of hydrogen-bond donors (Lipinski definition) is 6. The molecule has 0 radical (unpaired) electrons. The van der Waals surface area contributed by atoms with Crippen LogP contribution in [0, 0.1) is 0 Å². The number of phenolic OH excluding ortho intramolecular Hbond substituents is 4. The SMILES string of the molecule is C[C@@H](OCc1ccccc1)[C@H](NC(=O)c1ccc(O)c(O)c1)C(=O)NCCc1ccc(O)c(O)c1. The van der Waals surface area contributed by atoms with Gasteiger partial charge in [-0.05, 0) is 54.8 Å². The van der Waals surface area contributed by atoms with E-state index in [1.165, 1.54) is 24.3 Å². The molecule has 9 nitrogen and oxygen atoms in total. The molecule has 0 saturated heterocycles. The Bertz CT molecular complexity index is 1170. The van der Waals surface area contributed by atoms with E-state index in [1.54, 1.807) is 13.0 Å². The number of benzene rings is 3. The molecule has 6 N–H and O–H groups in total. The van der Waals surface area contributed by atoms with Crippen LogP contribution < -0.4 is 10.6 Å². The van der Waals surface area contributed by atoms with Crippen LogP contribution in [0.5, 0.6) is 23.0 Å². The lowest BCUT2D eigenvalue weighted by atomic mass is 10.1. The fourth-order valence-corrected chi connectivity index (χ4v) is 3.35. The molecule has 9 heteroatoms. The van der Waals surface area contributed by atoms with E-state index in [-0.39, 0.29) is 36.0 Å². The molecule has 35 heavy (non-hydrogen) atoms. The number of ether oxygens (including phenoxy) is 1. The summed E-state index contributed by atoms with van der Waals surface area (Å²) in [6.45, 7) is 2.11. The standard InChI is InChI=1S/C26H28N2O7/c1-16(35-15-18-5-3-2-4-6-18)24(28-25(33)19-8-10-21(30)23(32)14-19)26(34)27-12-11-17-7-9-20(29)22(31)13-17/h2-10,13-14,16,24,29-32H,11-12,15H2,1H3,(H,27,34)(H,28,33)/t16-,24+/m1/s1. The number of rotatable bonds is 10. The van der Waals surface area contributed by atoms with Gasteiger partial charge in [-0.25, -0.2) is 0 Å². The predicted octanol–water partition coefficient (Wildman–Crippen LogP) is 2.57. The molecule has 0 aromatic heterocycles. The van der Waals surface area contributed by atoms with Crippen molar-refractivity contribution in [2.75, 3.05) is 6.54 Å². The normalized spacial score (nSPS) is 12.5. The lowest BCUT2D eigenvalue weighted by Gasteiger charge is -2.25. The second-order valence-corrected chi connectivity index (χ2v) is 8.02. The maximum Gasteiger partial charge on any atom is 0.252 e. The first-order valence-electron chi connectivity index (χ1n) is 11.0. The Hall–Kier alpha value is -4.24. The third-order valence-corrected chi connectivity index (χ3v) is 5.38. The highest BCUT2D eigenvalue weighted by Gasteiger charge is 2.28. The second-order valence-electron chi connectivity index (χ2n) is 8.02. The summed E-state index contributed by atoms with van der Waals surface area (Å²) in [4.78, 5) is 25.8. The Labute approximate surface area is 202 Å². The summed E-state index contributed by atoms with van der Waals surface area (Å²) in [5.74, 6) is -2.41. The smallest absolute Gasteiger partial charge is 0.252 e. The first-order valence-corrected chi connectivity index (χ1v) is 11.0. The molecule has 0 spiro atoms. The van der Waals surface area contributed by atoms with Gasteiger partial charge in [0.2, 0.25) is 5.91 Å². The molecule has 184 valence electrons. The van der Waals surface area contributed by atoms with Crippen molar-refractivity contribution >= 4 is 11.8 Å². The molecule has 3 rings (SSSR count). The van der Waals surface area contributed by atoms with Gasteiger partial charge in [-0.1, -0.05) is 36.4 Å². The first kappa shape index (κ1) is 25.4. The Morgan fingerprint density at radius 3 is 2.14 bits per heavy atom. The number of aromatic hydroxyl groups is 4. The first-order chi connectivity index (χ1) is 16.7. The summed E-state index contributed by atoms with van der Waals surface area (Å²) in [7, 11) is 0. The van der Waals surface area contributed by atoms with Crippen molar-refractivity contribution in [3.8, 4) is 23.0 Å². The molecular formula is C26H28N2O7. The zero-order chi connectivity index (χ0) is 25.4. The molecular weight excluding hydrogens is 452 g/mol. The lowest BCUT2D eigenvalue weighted by Crippen LogP contribution is -2.53. The summed E-state index contributed by atoms with van der Waals surface area (Å²) in [6.07, 6.45) is -0.326. The zero-order valence-electron chi connectivity index (χ0n) is 19.1. The third kappa shape index (κ3) is 7.12. The Morgan fingerprint density at radius 2 is 1.49 bits per heavy atom. The van der Waals surface area contributed by atoms with E-state index in [4.69, 9.17) is 4.74 Å². The maximum absolute atomic E-state index is 13.0. The minimum absolute atomic E-state index is 0.0629. The Morgan fingerprint density at radius 1 is 0.829 bits per heavy atom. The molecule has 3 aromatic carbocycles. The number of hydrogen-bond acceptors (Lipinski definition) is 7. The van der Waals surface area contributed by atoms with Crippen LogP contribution in [-0.4, -0.2) is 50.9 Å². The van der Waals surface area contributed by atoms with Crippen molar-refractivity contribution in [1.29, 1.82) is 0 Å². The van der Waals surface area contributed by atoms with Gasteiger partial charge in [0.1, 0.15) is 6.04 Å². The van der Waals surface area contributed by atoms with Crippen LogP contribution in [0.3, 0.4) is 0 Å². The third-order valence-electron chi connectivity index (χ3n) is 5.38. The van der Waals surface area contributed by atoms with Crippen molar-refractivity contribution in [1.82, 2.24) is 10.6 Å². The topological polar surface area (TPSA) is 148 Å². The molecule has 2 atom stereocenters. The van der Waals surface area contributed by atoms with Gasteiger partial charge < -0.3 is 35.8 Å². The predicted molar refractivity (Wildman–Crippen MR) is 128 cm³/mol. The molecule has 0 aliphatic rings. The number of carbonyl (C=O) groups is 2. The van der Waals surface area contributed by atoms with Gasteiger partial charge in [-0.2, -0.15) is 0 Å². The molecule has 0 unspecified atom stereocenters. The van der Waals surface area contributed by atoms with Crippen molar-refractivity contribution in [3.63, 3.8) is 0 Å². The van der Waals surface area contributed by atoms with Gasteiger partial charge in [0, 0.05) is 12.1 Å². The van der Waals surface area contributed by atoms with Crippen LogP contribution >= 0.6 is 0 Å². The molecule has 0 saturated carbocycles. The van der Waals surface area contributed by atoms with E-state index in [1.807, 2.05) is 30.3 Å². The quantitative estimate of drug-likeness (QED) is 0.244. The zero-order valence-corrected chi connectivity index (χ0v) is 19.1. The van der Waals surface area contributed by atoms with Crippen LogP contribution in [0.25, 0.3) is 0 Å². The second kappa shape index (κ2) is 11.8. The monoisotopic (exact) mass is 480 g/mol. The minimum Gasteiger partial charge on any atom is -0.504 e. The van der Waals surface area contributed by atoms with Gasteiger partial charge in [0.15, 0.2) is 23.0 Å². The van der Waals surface area contributed by atoms with Crippen molar-refractivity contribution in [2.45, 2.75) is 32.1 Å². The van der Waals surface area contributed by atoms with Gasteiger partial charge in [0.05, 0.1) is 12.7 Å². The summed E-state index contributed by atoms with van der Waals surface area (Å²) in [5, 5.41) is 43.7. The average molecular weight is 481 g/mol. The van der Waals surface area contributed by atoms with Crippen LogP contribution in [0.1, 0.15) is 28.4 Å². The van der Waals surface area contributed by atoms with Gasteiger partial charge >= 0.3 is 0 Å². The van der Waals surface area contributed by atoms with E-state index in [0.717, 1.165) is 11.6 Å². The highest BCUT2D eigenvalue weighted by atomic mass is 16.5. The van der Waals surface area contributed by atoms with Crippen LogP contribution in [0.4, 0.5) is 0 Å². The molecule has 0 heterocycles. The lowest BCUT2D eigenvalue weighted by molar-refractivity contribution is -0.126. The molecule has 0 aliphatic heterocycles. The number of phenols is 4. The highest BCUT2D eigenvalue weighted by molar-refractivity contribution is 5.98. The number of nitrogens with one attached hydrogen (secondary N) is 2.